The van der Waals surface area contributed by atoms with Gasteiger partial charge in [-0.3, -0.25) is 15.0 Å². The van der Waals surface area contributed by atoms with Crippen molar-refractivity contribution in [3.8, 4) is 5.75 Å². The lowest BCUT2D eigenvalue weighted by molar-refractivity contribution is -0.487. The summed E-state index contributed by atoms with van der Waals surface area (Å²) in [7, 11) is -4.50. The minimum atomic E-state index is -4.50. The van der Waals surface area contributed by atoms with Crippen LogP contribution in [-0.2, 0) is 21.6 Å². The van der Waals surface area contributed by atoms with Crippen molar-refractivity contribution in [2.24, 2.45) is 0 Å². The van der Waals surface area contributed by atoms with Crippen LogP contribution in [0.2, 0.25) is 0 Å². The molecule has 10 nitrogen and oxygen atoms in total. The summed E-state index contributed by atoms with van der Waals surface area (Å²) in [4.78, 5) is 25.8. The van der Waals surface area contributed by atoms with E-state index in [1.54, 1.807) is 55.5 Å². The molecule has 0 N–H and O–H groups in total. The van der Waals surface area contributed by atoms with Crippen molar-refractivity contribution in [3.05, 3.63) is 105 Å². The molecule has 1 amide bonds. The second-order valence-corrected chi connectivity index (χ2v) is 9.73. The van der Waals surface area contributed by atoms with E-state index in [1.165, 1.54) is 11.0 Å². The summed E-state index contributed by atoms with van der Waals surface area (Å²) in [5.74, 6) is 0.0463. The molecular formula is C24H21N3O7S. The van der Waals surface area contributed by atoms with Crippen LogP contribution in [0.5, 0.6) is 5.75 Å². The van der Waals surface area contributed by atoms with Gasteiger partial charge >= 0.3 is 16.4 Å². The SMILES string of the molecule is Cc1ccc2c(c1)[C@H](C[N+](=O)[O-])N1[C@H](c3ccccc3OS1(=O)=O)N2C(=O)OCc1ccccc1. The van der Waals surface area contributed by atoms with Gasteiger partial charge in [-0.05, 0) is 24.6 Å². The highest BCUT2D eigenvalue weighted by atomic mass is 32.2. The Bertz CT molecular complexity index is 1410. The van der Waals surface area contributed by atoms with Gasteiger partial charge in [-0.15, -0.1) is 4.31 Å². The first kappa shape index (κ1) is 22.8. The molecule has 0 bridgehead atoms. The van der Waals surface area contributed by atoms with Gasteiger partial charge in [-0.1, -0.05) is 66.2 Å². The second kappa shape index (κ2) is 8.67. The first-order valence-electron chi connectivity index (χ1n) is 10.8. The van der Waals surface area contributed by atoms with Crippen molar-refractivity contribution in [2.45, 2.75) is 25.7 Å². The Kier molecular flexibility index (Phi) is 5.65. The molecule has 0 aromatic heterocycles. The molecule has 0 spiro atoms. The Morgan fingerprint density at radius 3 is 2.51 bits per heavy atom. The van der Waals surface area contributed by atoms with Gasteiger partial charge in [0.15, 0.2) is 5.75 Å². The molecule has 3 aromatic rings. The van der Waals surface area contributed by atoms with Gasteiger partial charge in [-0.2, -0.15) is 8.42 Å². The number of ether oxygens (including phenoxy) is 1. The van der Waals surface area contributed by atoms with E-state index < -0.39 is 40.1 Å². The zero-order valence-corrected chi connectivity index (χ0v) is 19.4. The van der Waals surface area contributed by atoms with E-state index in [-0.39, 0.29) is 12.4 Å². The van der Waals surface area contributed by atoms with Crippen molar-refractivity contribution >= 4 is 22.1 Å². The molecule has 0 saturated heterocycles. The molecule has 0 fully saturated rings. The molecule has 0 aliphatic carbocycles. The van der Waals surface area contributed by atoms with Gasteiger partial charge in [0.2, 0.25) is 6.54 Å². The zero-order valence-electron chi connectivity index (χ0n) is 18.6. The number of nitrogens with zero attached hydrogens (tertiary/aromatic N) is 3. The Balaban J connectivity index is 1.68. The van der Waals surface area contributed by atoms with Crippen LogP contribution >= 0.6 is 0 Å². The number of aryl methyl sites for hydroxylation is 1. The number of amides is 1. The molecule has 180 valence electrons. The van der Waals surface area contributed by atoms with E-state index in [2.05, 4.69) is 0 Å². The average Bonchev–Trinajstić information content (AvgIpc) is 2.82. The number of fused-ring (bicyclic) bond motifs is 4. The number of hydrogen-bond acceptors (Lipinski definition) is 7. The lowest BCUT2D eigenvalue weighted by Gasteiger charge is -2.47. The zero-order chi connectivity index (χ0) is 24.7. The molecule has 2 aliphatic rings. The predicted molar refractivity (Wildman–Crippen MR) is 125 cm³/mol. The summed E-state index contributed by atoms with van der Waals surface area (Å²) in [5.41, 5.74) is 2.54. The molecular weight excluding hydrogens is 474 g/mol. The first-order chi connectivity index (χ1) is 16.8. The van der Waals surface area contributed by atoms with Gasteiger partial charge in [0, 0.05) is 16.1 Å². The summed E-state index contributed by atoms with van der Waals surface area (Å²) >= 11 is 0. The molecule has 2 atom stereocenters. The summed E-state index contributed by atoms with van der Waals surface area (Å²) in [6, 6.07) is 19.3. The maximum absolute atomic E-state index is 13.5. The predicted octanol–water partition coefficient (Wildman–Crippen LogP) is 4.11. The molecule has 0 saturated carbocycles. The van der Waals surface area contributed by atoms with Crippen molar-refractivity contribution in [1.82, 2.24) is 4.31 Å². The van der Waals surface area contributed by atoms with Gasteiger partial charge in [0.25, 0.3) is 0 Å². The summed E-state index contributed by atoms with van der Waals surface area (Å²) in [5, 5.41) is 11.6. The molecule has 2 aliphatic heterocycles. The highest BCUT2D eigenvalue weighted by Crippen LogP contribution is 2.51. The number of nitro groups is 1. The maximum Gasteiger partial charge on any atom is 0.416 e. The van der Waals surface area contributed by atoms with E-state index in [0.717, 1.165) is 15.4 Å². The minimum Gasteiger partial charge on any atom is -0.444 e. The van der Waals surface area contributed by atoms with Crippen LogP contribution in [0, 0.1) is 17.0 Å². The van der Waals surface area contributed by atoms with Crippen molar-refractivity contribution in [1.29, 1.82) is 0 Å². The van der Waals surface area contributed by atoms with Crippen molar-refractivity contribution < 1.29 is 27.1 Å². The standard InChI is InChI=1S/C24H21N3O7S/c1-16-11-12-20-19(13-16)21(14-25(29)30)27-23(18-9-5-6-10-22(18)34-35(27,31)32)26(20)24(28)33-15-17-7-3-2-4-8-17/h2-13,21,23H,14-15H2,1H3/t21-,23+/m0/s1. The lowest BCUT2D eigenvalue weighted by Crippen LogP contribution is -2.56. The second-order valence-electron chi connectivity index (χ2n) is 8.29. The normalized spacial score (nSPS) is 20.1. The highest BCUT2D eigenvalue weighted by Gasteiger charge is 2.54. The Morgan fingerprint density at radius 2 is 1.77 bits per heavy atom. The minimum absolute atomic E-state index is 0.0344. The van der Waals surface area contributed by atoms with Crippen LogP contribution in [0.25, 0.3) is 0 Å². The van der Waals surface area contributed by atoms with Crippen LogP contribution in [0.15, 0.2) is 72.8 Å². The number of hydrogen-bond donors (Lipinski definition) is 0. The molecule has 11 heteroatoms. The Labute approximate surface area is 201 Å². The maximum atomic E-state index is 13.5. The summed E-state index contributed by atoms with van der Waals surface area (Å²) < 4.78 is 38.4. The highest BCUT2D eigenvalue weighted by molar-refractivity contribution is 7.84. The number of carbonyl (C=O) groups is 1. The number of para-hydroxylation sites is 1. The fourth-order valence-electron chi connectivity index (χ4n) is 4.50. The molecule has 0 radical (unpaired) electrons. The number of anilines is 1. The monoisotopic (exact) mass is 495 g/mol. The van der Waals surface area contributed by atoms with Crippen LogP contribution in [-0.4, -0.2) is 30.3 Å². The van der Waals surface area contributed by atoms with Gasteiger partial charge < -0.3 is 8.92 Å². The lowest BCUT2D eigenvalue weighted by atomic mass is 9.95. The van der Waals surface area contributed by atoms with Gasteiger partial charge in [0.1, 0.15) is 18.8 Å². The summed E-state index contributed by atoms with van der Waals surface area (Å²) in [6.45, 7) is 1.04. The van der Waals surface area contributed by atoms with Crippen molar-refractivity contribution in [3.63, 3.8) is 0 Å². The van der Waals surface area contributed by atoms with Crippen LogP contribution in [0.1, 0.15) is 34.5 Å². The Morgan fingerprint density at radius 1 is 1.06 bits per heavy atom. The first-order valence-corrected chi connectivity index (χ1v) is 12.2. The smallest absolute Gasteiger partial charge is 0.416 e. The average molecular weight is 496 g/mol. The quantitative estimate of drug-likeness (QED) is 0.395. The number of benzene rings is 3. The van der Waals surface area contributed by atoms with Gasteiger partial charge in [-0.25, -0.2) is 4.79 Å². The fourth-order valence-corrected chi connectivity index (χ4v) is 5.91. The van der Waals surface area contributed by atoms with Crippen molar-refractivity contribution in [2.75, 3.05) is 11.4 Å². The topological polar surface area (TPSA) is 119 Å². The molecule has 0 unspecified atom stereocenters. The van der Waals surface area contributed by atoms with Crippen LogP contribution < -0.4 is 9.08 Å². The third-order valence-electron chi connectivity index (χ3n) is 5.97. The van der Waals surface area contributed by atoms with E-state index in [9.17, 15) is 23.3 Å². The fraction of sp³-hybridized carbons (Fsp3) is 0.208. The number of rotatable bonds is 4. The molecule has 2 heterocycles. The molecule has 5 rings (SSSR count). The molecule has 3 aromatic carbocycles. The van der Waals surface area contributed by atoms with E-state index in [1.807, 2.05) is 18.2 Å². The van der Waals surface area contributed by atoms with Crippen LogP contribution in [0.4, 0.5) is 10.5 Å². The van der Waals surface area contributed by atoms with Crippen LogP contribution in [0.3, 0.4) is 0 Å². The third kappa shape index (κ3) is 4.08. The largest absolute Gasteiger partial charge is 0.444 e. The molecule has 35 heavy (non-hydrogen) atoms. The summed E-state index contributed by atoms with van der Waals surface area (Å²) in [6.07, 6.45) is -2.02. The number of carbonyl (C=O) groups excluding carboxylic acids is 1. The van der Waals surface area contributed by atoms with E-state index >= 15 is 0 Å². The van der Waals surface area contributed by atoms with Gasteiger partial charge in [0.05, 0.1) is 5.69 Å². The third-order valence-corrected chi connectivity index (χ3v) is 7.33. The van der Waals surface area contributed by atoms with E-state index in [4.69, 9.17) is 8.92 Å². The van der Waals surface area contributed by atoms with E-state index in [0.29, 0.717) is 16.8 Å². The Hall–Kier alpha value is -3.96.